The van der Waals surface area contributed by atoms with E-state index in [1.807, 2.05) is 0 Å². The highest BCUT2D eigenvalue weighted by Gasteiger charge is 2.15. The fourth-order valence-corrected chi connectivity index (χ4v) is 1.21. The van der Waals surface area contributed by atoms with Crippen molar-refractivity contribution in [3.05, 3.63) is 58.4 Å². The summed E-state index contributed by atoms with van der Waals surface area (Å²) >= 11 is 0. The Morgan fingerprint density at radius 3 is 2.72 bits per heavy atom. The van der Waals surface area contributed by atoms with Crippen molar-refractivity contribution in [2.24, 2.45) is 0 Å². The lowest BCUT2D eigenvalue weighted by Crippen LogP contribution is -2.02. The highest BCUT2D eigenvalue weighted by atomic mass is 16.6. The molecule has 6 heteroatoms. The monoisotopic (exact) mass is 244 g/mol. The first-order valence-corrected chi connectivity index (χ1v) is 4.77. The molecule has 0 fully saturated rings. The molecule has 18 heavy (non-hydrogen) atoms. The van der Waals surface area contributed by atoms with Crippen molar-refractivity contribution in [2.75, 3.05) is 0 Å². The summed E-state index contributed by atoms with van der Waals surface area (Å²) in [5.41, 5.74) is -0.388. The molecule has 0 bridgehead atoms. The molecule has 1 aromatic carbocycles. The second-order valence-corrected chi connectivity index (χ2v) is 3.06. The van der Waals surface area contributed by atoms with Gasteiger partial charge in [0.05, 0.1) is 16.7 Å². The van der Waals surface area contributed by atoms with Gasteiger partial charge in [-0.3, -0.25) is 10.1 Å². The van der Waals surface area contributed by atoms with Crippen LogP contribution < -0.4 is 0 Å². The first kappa shape index (κ1) is 13.1. The summed E-state index contributed by atoms with van der Waals surface area (Å²) in [7, 11) is 0. The van der Waals surface area contributed by atoms with Gasteiger partial charge in [-0.25, -0.2) is 4.79 Å². The zero-order valence-corrected chi connectivity index (χ0v) is 9.20. The molecule has 1 rings (SSSR count). The van der Waals surface area contributed by atoms with Crippen molar-refractivity contribution in [1.82, 2.24) is 0 Å². The van der Waals surface area contributed by atoms with Gasteiger partial charge in [-0.2, -0.15) is 5.26 Å². The van der Waals surface area contributed by atoms with Crippen molar-refractivity contribution in [3.8, 4) is 6.07 Å². The molecule has 0 radical (unpaired) electrons. The zero-order chi connectivity index (χ0) is 13.5. The normalized spacial score (nSPS) is 10.3. The molecule has 0 amide bonds. The van der Waals surface area contributed by atoms with E-state index in [4.69, 9.17) is 5.26 Å². The van der Waals surface area contributed by atoms with E-state index in [1.54, 1.807) is 12.1 Å². The molecule has 0 aliphatic rings. The fourth-order valence-electron chi connectivity index (χ4n) is 1.21. The first-order valence-electron chi connectivity index (χ1n) is 4.77. The van der Waals surface area contributed by atoms with Gasteiger partial charge in [0, 0.05) is 6.07 Å². The van der Waals surface area contributed by atoms with Crippen LogP contribution in [0.3, 0.4) is 0 Å². The van der Waals surface area contributed by atoms with Crippen LogP contribution in [0, 0.1) is 21.4 Å². The van der Waals surface area contributed by atoms with E-state index in [1.165, 1.54) is 18.2 Å². The van der Waals surface area contributed by atoms with E-state index >= 15 is 0 Å². The summed E-state index contributed by atoms with van der Waals surface area (Å²) in [5.74, 6) is -0.911. The number of carbonyl (C=O) groups excluding carboxylic acids is 1. The van der Waals surface area contributed by atoms with Gasteiger partial charge in [-0.05, 0) is 12.1 Å². The molecule has 0 heterocycles. The third kappa shape index (κ3) is 3.02. The number of nitrogens with zero attached hydrogens (tertiary/aromatic N) is 2. The summed E-state index contributed by atoms with van der Waals surface area (Å²) in [6.45, 7) is 3.18. The smallest absolute Gasteiger partial charge is 0.353 e. The van der Waals surface area contributed by atoms with Gasteiger partial charge in [0.25, 0.3) is 5.69 Å². The second kappa shape index (κ2) is 5.96. The highest BCUT2D eigenvalue weighted by Crippen LogP contribution is 2.20. The molecule has 0 aliphatic heterocycles. The Morgan fingerprint density at radius 2 is 2.17 bits per heavy atom. The van der Waals surface area contributed by atoms with E-state index in [9.17, 15) is 14.9 Å². The lowest BCUT2D eigenvalue weighted by molar-refractivity contribution is -0.385. The minimum atomic E-state index is -0.911. The van der Waals surface area contributed by atoms with Gasteiger partial charge < -0.3 is 4.74 Å². The molecule has 0 aliphatic carbocycles. The maximum atomic E-state index is 11.3. The minimum Gasteiger partial charge on any atom is -0.431 e. The predicted octanol–water partition coefficient (Wildman–Crippen LogP) is 2.19. The number of hydrogen-bond acceptors (Lipinski definition) is 5. The van der Waals surface area contributed by atoms with Crippen LogP contribution in [0.2, 0.25) is 0 Å². The van der Waals surface area contributed by atoms with Crippen LogP contribution >= 0.6 is 0 Å². The number of rotatable bonds is 4. The number of nitro benzene ring substituents is 1. The number of nitriles is 1. The van der Waals surface area contributed by atoms with E-state index in [0.29, 0.717) is 0 Å². The number of nitro groups is 1. The fraction of sp³-hybridized carbons (Fsp3) is 0. The molecule has 0 spiro atoms. The van der Waals surface area contributed by atoms with Gasteiger partial charge in [-0.1, -0.05) is 18.7 Å². The maximum absolute atomic E-state index is 11.3. The standard InChI is InChI=1S/C12H8N2O4/c1-2-18-12(15)10(8-13)7-9-5-3-4-6-11(9)14(16)17/h2-7H,1H2/b10-7+. The Hall–Kier alpha value is -2.94. The molecule has 0 saturated carbocycles. The summed E-state index contributed by atoms with van der Waals surface area (Å²) in [6, 6.07) is 7.37. The molecule has 0 saturated heterocycles. The number of esters is 1. The Labute approximate surface area is 103 Å². The molecule has 90 valence electrons. The third-order valence-electron chi connectivity index (χ3n) is 1.96. The average molecular weight is 244 g/mol. The summed E-state index contributed by atoms with van der Waals surface area (Å²) in [4.78, 5) is 21.5. The van der Waals surface area contributed by atoms with Gasteiger partial charge in [-0.15, -0.1) is 0 Å². The number of ether oxygens (including phenoxy) is 1. The second-order valence-electron chi connectivity index (χ2n) is 3.06. The third-order valence-corrected chi connectivity index (χ3v) is 1.96. The molecule has 0 unspecified atom stereocenters. The van der Waals surface area contributed by atoms with E-state index < -0.39 is 10.9 Å². The van der Waals surface area contributed by atoms with Gasteiger partial charge in [0.1, 0.15) is 11.6 Å². The maximum Gasteiger partial charge on any atom is 0.353 e. The van der Waals surface area contributed by atoms with Gasteiger partial charge >= 0.3 is 5.97 Å². The Balaban J connectivity index is 3.22. The Bertz CT molecular complexity index is 570. The minimum absolute atomic E-state index is 0.153. The molecule has 0 N–H and O–H groups in total. The van der Waals surface area contributed by atoms with Crippen LogP contribution in [0.5, 0.6) is 0 Å². The quantitative estimate of drug-likeness (QED) is 0.202. The molecule has 1 aromatic rings. The Kier molecular flexibility index (Phi) is 4.35. The van der Waals surface area contributed by atoms with Crippen molar-refractivity contribution >= 4 is 17.7 Å². The molecular weight excluding hydrogens is 236 g/mol. The van der Waals surface area contributed by atoms with Crippen LogP contribution in [0.15, 0.2) is 42.7 Å². The van der Waals surface area contributed by atoms with E-state index in [0.717, 1.165) is 12.3 Å². The van der Waals surface area contributed by atoms with Crippen LogP contribution in [-0.2, 0) is 9.53 Å². The SMILES string of the molecule is C=COC(=O)/C(C#N)=C/c1ccccc1[N+](=O)[O-]. The molecule has 0 aromatic heterocycles. The highest BCUT2D eigenvalue weighted by molar-refractivity contribution is 5.98. The van der Waals surface area contributed by atoms with Crippen LogP contribution in [0.1, 0.15) is 5.56 Å². The molecule has 0 atom stereocenters. The molecule has 6 nitrogen and oxygen atoms in total. The van der Waals surface area contributed by atoms with Gasteiger partial charge in [0.15, 0.2) is 0 Å². The molecular formula is C12H8N2O4. The largest absolute Gasteiger partial charge is 0.431 e. The van der Waals surface area contributed by atoms with Crippen molar-refractivity contribution < 1.29 is 14.5 Å². The summed E-state index contributed by atoms with van der Waals surface area (Å²) < 4.78 is 4.43. The lowest BCUT2D eigenvalue weighted by Gasteiger charge is -1.98. The number of carbonyl (C=O) groups is 1. The van der Waals surface area contributed by atoms with Crippen LogP contribution in [0.4, 0.5) is 5.69 Å². The van der Waals surface area contributed by atoms with E-state index in [-0.39, 0.29) is 16.8 Å². The topological polar surface area (TPSA) is 93.2 Å². The number of benzene rings is 1. The van der Waals surface area contributed by atoms with Crippen molar-refractivity contribution in [1.29, 1.82) is 5.26 Å². The van der Waals surface area contributed by atoms with Crippen molar-refractivity contribution in [3.63, 3.8) is 0 Å². The average Bonchev–Trinajstić information content (AvgIpc) is 2.36. The first-order chi connectivity index (χ1) is 8.60. The van der Waals surface area contributed by atoms with E-state index in [2.05, 4.69) is 11.3 Å². The summed E-state index contributed by atoms with van der Waals surface area (Å²) in [5, 5.41) is 19.5. The number of para-hydroxylation sites is 1. The summed E-state index contributed by atoms with van der Waals surface area (Å²) in [6.07, 6.45) is 1.98. The number of hydrogen-bond donors (Lipinski definition) is 0. The van der Waals surface area contributed by atoms with Crippen LogP contribution in [-0.4, -0.2) is 10.9 Å². The lowest BCUT2D eigenvalue weighted by atomic mass is 10.1. The van der Waals surface area contributed by atoms with Crippen LogP contribution in [0.25, 0.3) is 6.08 Å². The zero-order valence-electron chi connectivity index (χ0n) is 9.20. The van der Waals surface area contributed by atoms with Gasteiger partial charge in [0.2, 0.25) is 0 Å². The predicted molar refractivity (Wildman–Crippen MR) is 63.0 cm³/mol. The van der Waals surface area contributed by atoms with Crippen molar-refractivity contribution in [2.45, 2.75) is 0 Å². The Morgan fingerprint density at radius 1 is 1.50 bits per heavy atom.